The molecule has 0 atom stereocenters. The summed E-state index contributed by atoms with van der Waals surface area (Å²) in [5.41, 5.74) is 0.233. The summed E-state index contributed by atoms with van der Waals surface area (Å²) in [6.45, 7) is 0. The van der Waals surface area contributed by atoms with Crippen LogP contribution < -0.4 is 0 Å². The lowest BCUT2D eigenvalue weighted by Gasteiger charge is -2.06. The van der Waals surface area contributed by atoms with E-state index >= 15 is 0 Å². The van der Waals surface area contributed by atoms with Crippen LogP contribution in [-0.4, -0.2) is 15.0 Å². The smallest absolute Gasteiger partial charge is 0.251 e. The predicted molar refractivity (Wildman–Crippen MR) is 47.3 cm³/mol. The summed E-state index contributed by atoms with van der Waals surface area (Å²) in [6.07, 6.45) is -3.20. The molecule has 0 aliphatic heterocycles. The zero-order valence-corrected chi connectivity index (χ0v) is 7.84. The summed E-state index contributed by atoms with van der Waals surface area (Å²) in [6, 6.07) is 2.87. The van der Waals surface area contributed by atoms with Crippen LogP contribution in [-0.2, 0) is 6.18 Å². The number of halogens is 4. The van der Waals surface area contributed by atoms with E-state index in [-0.39, 0.29) is 16.2 Å². The molecule has 15 heavy (non-hydrogen) atoms. The molecule has 0 saturated carbocycles. The average Bonchev–Trinajstić information content (AvgIpc) is 2.16. The molecule has 0 amide bonds. The van der Waals surface area contributed by atoms with Gasteiger partial charge in [-0.15, -0.1) is 0 Å². The number of rotatable bonds is 0. The van der Waals surface area contributed by atoms with Gasteiger partial charge in [0.15, 0.2) is 5.15 Å². The molecule has 7 heteroatoms. The van der Waals surface area contributed by atoms with Crippen molar-refractivity contribution >= 4 is 22.6 Å². The molecule has 0 unspecified atom stereocenters. The molecule has 0 aliphatic rings. The SMILES string of the molecule is FC(F)(F)c1nc(Cl)c2ncccc2n1. The Morgan fingerprint density at radius 1 is 1.20 bits per heavy atom. The standard InChI is InChI=1S/C8H3ClF3N3/c9-6-5-4(2-1-3-13-5)14-7(15-6)8(10,11)12/h1-3H. The van der Waals surface area contributed by atoms with Crippen LogP contribution in [0.4, 0.5) is 13.2 Å². The number of aromatic nitrogens is 3. The van der Waals surface area contributed by atoms with Crippen LogP contribution in [0.3, 0.4) is 0 Å². The van der Waals surface area contributed by atoms with Gasteiger partial charge in [0.25, 0.3) is 0 Å². The Morgan fingerprint density at radius 2 is 1.93 bits per heavy atom. The lowest BCUT2D eigenvalue weighted by molar-refractivity contribution is -0.144. The van der Waals surface area contributed by atoms with Crippen LogP contribution >= 0.6 is 11.6 Å². The van der Waals surface area contributed by atoms with Crippen LogP contribution in [0.25, 0.3) is 11.0 Å². The first-order valence-corrected chi connectivity index (χ1v) is 4.22. The molecule has 0 N–H and O–H groups in total. The minimum atomic E-state index is -4.60. The van der Waals surface area contributed by atoms with E-state index in [2.05, 4.69) is 15.0 Å². The van der Waals surface area contributed by atoms with Gasteiger partial charge in [-0.25, -0.2) is 9.97 Å². The zero-order valence-electron chi connectivity index (χ0n) is 7.09. The number of pyridine rings is 1. The van der Waals surface area contributed by atoms with Gasteiger partial charge in [0.2, 0.25) is 5.82 Å². The lowest BCUT2D eigenvalue weighted by Crippen LogP contribution is -2.11. The maximum Gasteiger partial charge on any atom is 0.451 e. The van der Waals surface area contributed by atoms with Gasteiger partial charge in [0.05, 0.1) is 5.52 Å². The fourth-order valence-corrected chi connectivity index (χ4v) is 1.28. The number of hydrogen-bond acceptors (Lipinski definition) is 3. The Labute approximate surface area is 86.9 Å². The molecule has 0 radical (unpaired) electrons. The highest BCUT2D eigenvalue weighted by molar-refractivity contribution is 6.33. The maximum absolute atomic E-state index is 12.3. The zero-order chi connectivity index (χ0) is 11.1. The van der Waals surface area contributed by atoms with Crippen LogP contribution in [0.2, 0.25) is 5.15 Å². The van der Waals surface area contributed by atoms with Gasteiger partial charge in [-0.05, 0) is 12.1 Å². The van der Waals surface area contributed by atoms with E-state index < -0.39 is 12.0 Å². The Kier molecular flexibility index (Phi) is 2.22. The lowest BCUT2D eigenvalue weighted by atomic mass is 10.3. The molecule has 2 rings (SSSR count). The van der Waals surface area contributed by atoms with E-state index in [1.54, 1.807) is 0 Å². The molecule has 2 aromatic rings. The molecule has 78 valence electrons. The molecule has 0 aromatic carbocycles. The fraction of sp³-hybridized carbons (Fsp3) is 0.125. The molecule has 0 spiro atoms. The molecule has 3 nitrogen and oxygen atoms in total. The molecule has 0 saturated heterocycles. The van der Waals surface area contributed by atoms with Crippen molar-refractivity contribution in [1.29, 1.82) is 0 Å². The van der Waals surface area contributed by atoms with Crippen molar-refractivity contribution in [1.82, 2.24) is 15.0 Å². The van der Waals surface area contributed by atoms with E-state index in [1.165, 1.54) is 18.3 Å². The van der Waals surface area contributed by atoms with E-state index in [0.29, 0.717) is 0 Å². The Bertz CT molecular complexity index is 512. The summed E-state index contributed by atoms with van der Waals surface area (Å²) >= 11 is 5.55. The maximum atomic E-state index is 12.3. The first-order valence-electron chi connectivity index (χ1n) is 3.84. The molecular weight excluding hydrogens is 231 g/mol. The van der Waals surface area contributed by atoms with Gasteiger partial charge in [0.1, 0.15) is 5.52 Å². The number of hydrogen-bond donors (Lipinski definition) is 0. The second-order valence-electron chi connectivity index (χ2n) is 2.71. The topological polar surface area (TPSA) is 38.7 Å². The first kappa shape index (κ1) is 10.1. The molecule has 0 bridgehead atoms. The molecular formula is C8H3ClF3N3. The van der Waals surface area contributed by atoms with Crippen molar-refractivity contribution in [3.63, 3.8) is 0 Å². The van der Waals surface area contributed by atoms with Gasteiger partial charge in [0, 0.05) is 6.20 Å². The summed E-state index contributed by atoms with van der Waals surface area (Å²) < 4.78 is 36.9. The fourth-order valence-electron chi connectivity index (χ4n) is 1.06. The quantitative estimate of drug-likeness (QED) is 0.657. The Balaban J connectivity index is 2.73. The number of nitrogens with zero attached hydrogens (tertiary/aromatic N) is 3. The Morgan fingerprint density at radius 3 is 2.60 bits per heavy atom. The highest BCUT2D eigenvalue weighted by Crippen LogP contribution is 2.29. The second kappa shape index (κ2) is 3.30. The van der Waals surface area contributed by atoms with Crippen LogP contribution in [0.5, 0.6) is 0 Å². The number of alkyl halides is 3. The van der Waals surface area contributed by atoms with Crippen molar-refractivity contribution in [3.8, 4) is 0 Å². The van der Waals surface area contributed by atoms with Crippen molar-refractivity contribution in [3.05, 3.63) is 29.3 Å². The molecule has 2 aromatic heterocycles. The first-order chi connectivity index (χ1) is 6.98. The minimum absolute atomic E-state index is 0.0739. The van der Waals surface area contributed by atoms with Gasteiger partial charge in [-0.2, -0.15) is 13.2 Å². The third kappa shape index (κ3) is 1.85. The van der Waals surface area contributed by atoms with Gasteiger partial charge in [-0.1, -0.05) is 11.6 Å². The normalized spacial score (nSPS) is 12.0. The van der Waals surface area contributed by atoms with Crippen LogP contribution in [0, 0.1) is 0 Å². The molecule has 2 heterocycles. The van der Waals surface area contributed by atoms with Crippen molar-refractivity contribution < 1.29 is 13.2 Å². The Hall–Kier alpha value is -1.43. The molecule has 0 aliphatic carbocycles. The highest BCUT2D eigenvalue weighted by Gasteiger charge is 2.35. The summed E-state index contributed by atoms with van der Waals surface area (Å²) in [5, 5.41) is -0.298. The minimum Gasteiger partial charge on any atom is -0.251 e. The van der Waals surface area contributed by atoms with Crippen molar-refractivity contribution in [2.24, 2.45) is 0 Å². The third-order valence-corrected chi connectivity index (χ3v) is 1.93. The van der Waals surface area contributed by atoms with E-state index in [4.69, 9.17) is 11.6 Å². The second-order valence-corrected chi connectivity index (χ2v) is 3.06. The molecule has 0 fully saturated rings. The largest absolute Gasteiger partial charge is 0.451 e. The van der Waals surface area contributed by atoms with Gasteiger partial charge in [-0.3, -0.25) is 4.98 Å². The monoisotopic (exact) mass is 233 g/mol. The van der Waals surface area contributed by atoms with E-state index in [1.807, 2.05) is 0 Å². The third-order valence-electron chi connectivity index (χ3n) is 1.67. The number of fused-ring (bicyclic) bond motifs is 1. The highest BCUT2D eigenvalue weighted by atomic mass is 35.5. The summed E-state index contributed by atoms with van der Waals surface area (Å²) in [5.74, 6) is -1.26. The van der Waals surface area contributed by atoms with Crippen molar-refractivity contribution in [2.75, 3.05) is 0 Å². The average molecular weight is 234 g/mol. The van der Waals surface area contributed by atoms with Gasteiger partial charge >= 0.3 is 6.18 Å². The van der Waals surface area contributed by atoms with Crippen LogP contribution in [0.1, 0.15) is 5.82 Å². The van der Waals surface area contributed by atoms with Gasteiger partial charge < -0.3 is 0 Å². The van der Waals surface area contributed by atoms with E-state index in [9.17, 15) is 13.2 Å². The predicted octanol–water partition coefficient (Wildman–Crippen LogP) is 2.70. The van der Waals surface area contributed by atoms with E-state index in [0.717, 1.165) is 0 Å². The summed E-state index contributed by atoms with van der Waals surface area (Å²) in [7, 11) is 0. The summed E-state index contributed by atoms with van der Waals surface area (Å²) in [4.78, 5) is 10.2. The van der Waals surface area contributed by atoms with Crippen LogP contribution in [0.15, 0.2) is 18.3 Å². The van der Waals surface area contributed by atoms with Crippen molar-refractivity contribution in [2.45, 2.75) is 6.18 Å².